The van der Waals surface area contributed by atoms with Crippen molar-refractivity contribution in [2.45, 2.75) is 58.0 Å². The van der Waals surface area contributed by atoms with Gasteiger partial charge in [0.1, 0.15) is 0 Å². The van der Waals surface area contributed by atoms with Gasteiger partial charge < -0.3 is 15.2 Å². The van der Waals surface area contributed by atoms with Gasteiger partial charge in [-0.3, -0.25) is 4.79 Å². The van der Waals surface area contributed by atoms with E-state index in [0.717, 1.165) is 18.6 Å². The number of aryl methyl sites for hydroxylation is 1. The third-order valence-electron chi connectivity index (χ3n) is 4.90. The highest BCUT2D eigenvalue weighted by Gasteiger charge is 2.25. The summed E-state index contributed by atoms with van der Waals surface area (Å²) in [6.07, 6.45) is 7.23. The van der Waals surface area contributed by atoms with Crippen molar-refractivity contribution >= 4 is 11.9 Å². The first kappa shape index (κ1) is 19.4. The molecule has 1 saturated carbocycles. The Morgan fingerprint density at radius 2 is 1.92 bits per heavy atom. The molecular weight excluding hydrogens is 318 g/mol. The number of nitrogens with one attached hydrogen (secondary N) is 1. The number of carbonyl (C=O) groups is 2. The van der Waals surface area contributed by atoms with E-state index in [4.69, 9.17) is 9.84 Å². The van der Waals surface area contributed by atoms with Crippen molar-refractivity contribution < 1.29 is 19.4 Å². The minimum Gasteiger partial charge on any atom is -0.478 e. The fourth-order valence-corrected chi connectivity index (χ4v) is 3.51. The van der Waals surface area contributed by atoms with Gasteiger partial charge in [-0.15, -0.1) is 0 Å². The molecule has 1 amide bonds. The molecular formula is C20H29NO4. The monoisotopic (exact) mass is 347 g/mol. The molecule has 0 saturated heterocycles. The predicted octanol–water partition coefficient (Wildman–Crippen LogP) is 3.42. The fourth-order valence-electron chi connectivity index (χ4n) is 3.51. The molecule has 0 aliphatic heterocycles. The van der Waals surface area contributed by atoms with Crippen molar-refractivity contribution in [2.24, 2.45) is 5.92 Å². The molecule has 1 atom stereocenters. The Labute approximate surface area is 149 Å². The van der Waals surface area contributed by atoms with Crippen molar-refractivity contribution in [1.29, 1.82) is 0 Å². The lowest BCUT2D eigenvalue weighted by molar-refractivity contribution is -0.121. The van der Waals surface area contributed by atoms with Crippen LogP contribution in [0.15, 0.2) is 24.3 Å². The molecule has 5 nitrogen and oxygen atoms in total. The number of carboxylic acids is 1. The molecule has 0 aromatic heterocycles. The molecule has 1 aromatic rings. The number of hydrogen-bond donors (Lipinski definition) is 2. The highest BCUT2D eigenvalue weighted by Crippen LogP contribution is 2.30. The van der Waals surface area contributed by atoms with Crippen molar-refractivity contribution in [1.82, 2.24) is 5.32 Å². The molecule has 138 valence electrons. The standard InChI is InChI=1S/C20H29NO4/c1-2-25-18(16-5-3-4-6-16)13-14-21-19(22)12-9-15-7-10-17(11-8-15)20(23)24/h7-8,10-11,16,18H,2-6,9,12-14H2,1H3,(H,21,22)(H,23,24). The molecule has 2 rings (SSSR count). The second kappa shape index (κ2) is 10.2. The van der Waals surface area contributed by atoms with E-state index in [2.05, 4.69) is 5.32 Å². The van der Waals surface area contributed by atoms with Gasteiger partial charge in [0.2, 0.25) is 5.91 Å². The Bertz CT molecular complexity index is 549. The van der Waals surface area contributed by atoms with E-state index < -0.39 is 5.97 Å². The summed E-state index contributed by atoms with van der Waals surface area (Å²) in [5.41, 5.74) is 1.24. The topological polar surface area (TPSA) is 75.6 Å². The van der Waals surface area contributed by atoms with Crippen LogP contribution in [0.2, 0.25) is 0 Å². The van der Waals surface area contributed by atoms with Crippen molar-refractivity contribution in [3.8, 4) is 0 Å². The van der Waals surface area contributed by atoms with Crippen molar-refractivity contribution in [3.05, 3.63) is 35.4 Å². The highest BCUT2D eigenvalue weighted by molar-refractivity contribution is 5.87. The van der Waals surface area contributed by atoms with E-state index in [0.29, 0.717) is 25.3 Å². The SMILES string of the molecule is CCOC(CCNC(=O)CCc1ccc(C(=O)O)cc1)C1CCCC1. The van der Waals surface area contributed by atoms with Crippen molar-refractivity contribution in [3.63, 3.8) is 0 Å². The van der Waals surface area contributed by atoms with Crippen LogP contribution in [0.25, 0.3) is 0 Å². The molecule has 0 heterocycles. The van der Waals surface area contributed by atoms with Gasteiger partial charge in [0.25, 0.3) is 0 Å². The summed E-state index contributed by atoms with van der Waals surface area (Å²) in [6, 6.07) is 6.68. The average Bonchev–Trinajstić information content (AvgIpc) is 3.14. The third-order valence-corrected chi connectivity index (χ3v) is 4.90. The van der Waals surface area contributed by atoms with Crippen LogP contribution in [0.3, 0.4) is 0 Å². The van der Waals surface area contributed by atoms with Gasteiger partial charge in [-0.2, -0.15) is 0 Å². The van der Waals surface area contributed by atoms with Crippen LogP contribution in [-0.4, -0.2) is 36.2 Å². The second-order valence-electron chi connectivity index (χ2n) is 6.68. The number of carbonyl (C=O) groups excluding carboxylic acids is 1. The number of aromatic carboxylic acids is 1. The maximum atomic E-state index is 12.0. The molecule has 1 fully saturated rings. The Morgan fingerprint density at radius 1 is 1.24 bits per heavy atom. The first-order valence-electron chi connectivity index (χ1n) is 9.30. The van der Waals surface area contributed by atoms with Gasteiger partial charge in [-0.1, -0.05) is 25.0 Å². The Hall–Kier alpha value is -1.88. The first-order chi connectivity index (χ1) is 12.1. The molecule has 25 heavy (non-hydrogen) atoms. The Morgan fingerprint density at radius 3 is 2.52 bits per heavy atom. The molecule has 0 radical (unpaired) electrons. The van der Waals surface area contributed by atoms with Crippen LogP contribution in [0.4, 0.5) is 0 Å². The smallest absolute Gasteiger partial charge is 0.335 e. The van der Waals surface area contributed by atoms with Gasteiger partial charge in [0.15, 0.2) is 0 Å². The third kappa shape index (κ3) is 6.50. The average molecular weight is 347 g/mol. The molecule has 1 aromatic carbocycles. The Balaban J connectivity index is 1.68. The van der Waals surface area contributed by atoms with Gasteiger partial charge in [0.05, 0.1) is 11.7 Å². The second-order valence-corrected chi connectivity index (χ2v) is 6.68. The highest BCUT2D eigenvalue weighted by atomic mass is 16.5. The largest absolute Gasteiger partial charge is 0.478 e. The van der Waals surface area contributed by atoms with Gasteiger partial charge in [0, 0.05) is 19.6 Å². The fraction of sp³-hybridized carbons (Fsp3) is 0.600. The number of benzene rings is 1. The summed E-state index contributed by atoms with van der Waals surface area (Å²) < 4.78 is 5.87. The molecule has 0 spiro atoms. The van der Waals surface area contributed by atoms with Crippen LogP contribution in [0.1, 0.15) is 61.4 Å². The molecule has 0 bridgehead atoms. The number of rotatable bonds is 10. The van der Waals surface area contributed by atoms with Gasteiger partial charge >= 0.3 is 5.97 Å². The molecule has 5 heteroatoms. The Kier molecular flexibility index (Phi) is 7.92. The maximum absolute atomic E-state index is 12.0. The summed E-state index contributed by atoms with van der Waals surface area (Å²) in [5, 5.41) is 11.9. The molecule has 2 N–H and O–H groups in total. The van der Waals surface area contributed by atoms with Crippen LogP contribution in [0, 0.1) is 5.92 Å². The maximum Gasteiger partial charge on any atom is 0.335 e. The van der Waals surface area contributed by atoms with Gasteiger partial charge in [-0.05, 0) is 56.2 Å². The minimum absolute atomic E-state index is 0.0315. The lowest BCUT2D eigenvalue weighted by Gasteiger charge is -2.23. The van der Waals surface area contributed by atoms with E-state index in [9.17, 15) is 9.59 Å². The van der Waals surface area contributed by atoms with Gasteiger partial charge in [-0.25, -0.2) is 4.79 Å². The normalized spacial score (nSPS) is 15.9. The number of ether oxygens (including phenoxy) is 1. The van der Waals surface area contributed by atoms with E-state index in [-0.39, 0.29) is 17.6 Å². The molecule has 1 aliphatic carbocycles. The summed E-state index contributed by atoms with van der Waals surface area (Å²) >= 11 is 0. The zero-order chi connectivity index (χ0) is 18.1. The van der Waals surface area contributed by atoms with E-state index in [1.54, 1.807) is 24.3 Å². The van der Waals surface area contributed by atoms with Crippen LogP contribution >= 0.6 is 0 Å². The van der Waals surface area contributed by atoms with Crippen molar-refractivity contribution in [2.75, 3.05) is 13.2 Å². The summed E-state index contributed by atoms with van der Waals surface area (Å²) in [4.78, 5) is 22.8. The van der Waals surface area contributed by atoms with Crippen LogP contribution in [0.5, 0.6) is 0 Å². The van der Waals surface area contributed by atoms with E-state index in [1.807, 2.05) is 6.92 Å². The summed E-state index contributed by atoms with van der Waals surface area (Å²) in [7, 11) is 0. The quantitative estimate of drug-likeness (QED) is 0.680. The number of carboxylic acid groups (broad SMARTS) is 1. The van der Waals surface area contributed by atoms with E-state index in [1.165, 1.54) is 25.7 Å². The predicted molar refractivity (Wildman–Crippen MR) is 96.7 cm³/mol. The van der Waals surface area contributed by atoms with Crippen LogP contribution in [-0.2, 0) is 16.0 Å². The number of amides is 1. The number of hydrogen-bond acceptors (Lipinski definition) is 3. The molecule has 1 aliphatic rings. The zero-order valence-corrected chi connectivity index (χ0v) is 15.0. The van der Waals surface area contributed by atoms with Crippen LogP contribution < -0.4 is 5.32 Å². The van der Waals surface area contributed by atoms with E-state index >= 15 is 0 Å². The summed E-state index contributed by atoms with van der Waals surface area (Å²) in [5.74, 6) is -0.260. The molecule has 1 unspecified atom stereocenters. The lowest BCUT2D eigenvalue weighted by Crippen LogP contribution is -2.31. The first-order valence-corrected chi connectivity index (χ1v) is 9.30. The minimum atomic E-state index is -0.935. The summed E-state index contributed by atoms with van der Waals surface area (Å²) in [6.45, 7) is 3.40. The zero-order valence-electron chi connectivity index (χ0n) is 15.0. The lowest BCUT2D eigenvalue weighted by atomic mass is 9.98.